The molecule has 0 atom stereocenters. The summed E-state index contributed by atoms with van der Waals surface area (Å²) in [6.45, 7) is 6.41. The Morgan fingerprint density at radius 1 is 0.710 bits per heavy atom. The Morgan fingerprint density at radius 2 is 1.13 bits per heavy atom. The molecule has 3 nitrogen and oxygen atoms in total. The number of rotatable bonds is 19. The van der Waals surface area contributed by atoms with Gasteiger partial charge in [-0.2, -0.15) is 8.42 Å². The summed E-state index contributed by atoms with van der Waals surface area (Å²) in [6, 6.07) is 5.25. The quantitative estimate of drug-likeness (QED) is 0.168. The minimum absolute atomic E-state index is 0.0969. The van der Waals surface area contributed by atoms with Crippen molar-refractivity contribution in [2.75, 3.05) is 0 Å². The molecule has 0 heterocycles. The van der Waals surface area contributed by atoms with Gasteiger partial charge in [0.25, 0.3) is 10.1 Å². The molecule has 0 aliphatic carbocycles. The topological polar surface area (TPSA) is 54.4 Å². The maximum atomic E-state index is 11.8. The molecule has 1 rings (SSSR count). The van der Waals surface area contributed by atoms with E-state index in [0.29, 0.717) is 0 Å². The SMILES string of the molecule is CCCCCCCCCCCCCCCCCCc1c(C(C)C)cccc1S(=O)(=O)O. The monoisotopic (exact) mass is 452 g/mol. The van der Waals surface area contributed by atoms with Gasteiger partial charge in [-0.15, -0.1) is 0 Å². The highest BCUT2D eigenvalue weighted by atomic mass is 32.2. The average molecular weight is 453 g/mol. The normalized spacial score (nSPS) is 12.0. The van der Waals surface area contributed by atoms with Crippen molar-refractivity contribution >= 4 is 10.1 Å². The molecule has 1 aromatic rings. The molecule has 0 aliphatic rings. The van der Waals surface area contributed by atoms with Crippen LogP contribution in [0.3, 0.4) is 0 Å². The van der Waals surface area contributed by atoms with Crippen molar-refractivity contribution in [1.82, 2.24) is 0 Å². The van der Waals surface area contributed by atoms with Gasteiger partial charge in [-0.1, -0.05) is 129 Å². The minimum Gasteiger partial charge on any atom is -0.282 e. The summed E-state index contributed by atoms with van der Waals surface area (Å²) in [7, 11) is -4.16. The van der Waals surface area contributed by atoms with E-state index >= 15 is 0 Å². The largest absolute Gasteiger partial charge is 0.294 e. The molecule has 0 aromatic heterocycles. The molecule has 0 unspecified atom stereocenters. The van der Waals surface area contributed by atoms with Gasteiger partial charge in [0.15, 0.2) is 0 Å². The van der Waals surface area contributed by atoms with E-state index in [4.69, 9.17) is 0 Å². The summed E-state index contributed by atoms with van der Waals surface area (Å²) in [5.74, 6) is 0.248. The maximum absolute atomic E-state index is 11.8. The van der Waals surface area contributed by atoms with Gasteiger partial charge in [-0.25, -0.2) is 0 Å². The van der Waals surface area contributed by atoms with E-state index < -0.39 is 10.1 Å². The van der Waals surface area contributed by atoms with Gasteiger partial charge < -0.3 is 0 Å². The van der Waals surface area contributed by atoms with Crippen LogP contribution in [0.2, 0.25) is 0 Å². The molecule has 1 aromatic carbocycles. The minimum atomic E-state index is -4.16. The Kier molecular flexibility index (Phi) is 15.2. The Morgan fingerprint density at radius 3 is 1.52 bits per heavy atom. The van der Waals surface area contributed by atoms with Crippen molar-refractivity contribution in [2.45, 2.75) is 141 Å². The second kappa shape index (κ2) is 16.7. The first-order valence-corrected chi connectivity index (χ1v) is 14.4. The second-order valence-electron chi connectivity index (χ2n) is 9.51. The van der Waals surface area contributed by atoms with Crippen molar-refractivity contribution in [3.63, 3.8) is 0 Å². The van der Waals surface area contributed by atoms with Crippen LogP contribution < -0.4 is 0 Å². The third-order valence-electron chi connectivity index (χ3n) is 6.35. The lowest BCUT2D eigenvalue weighted by Crippen LogP contribution is -2.07. The average Bonchev–Trinajstić information content (AvgIpc) is 2.72. The molecular weight excluding hydrogens is 404 g/mol. The molecule has 0 spiro atoms. The van der Waals surface area contributed by atoms with Crippen LogP contribution in [-0.4, -0.2) is 13.0 Å². The summed E-state index contributed by atoms with van der Waals surface area (Å²) in [4.78, 5) is 0.0969. The first-order chi connectivity index (χ1) is 14.9. The van der Waals surface area contributed by atoms with Crippen molar-refractivity contribution in [3.8, 4) is 0 Å². The smallest absolute Gasteiger partial charge is 0.282 e. The van der Waals surface area contributed by atoms with Crippen LogP contribution >= 0.6 is 0 Å². The van der Waals surface area contributed by atoms with Gasteiger partial charge in [0.1, 0.15) is 0 Å². The van der Waals surface area contributed by atoms with Crippen LogP contribution in [0.1, 0.15) is 141 Å². The maximum Gasteiger partial charge on any atom is 0.294 e. The highest BCUT2D eigenvalue weighted by molar-refractivity contribution is 7.85. The van der Waals surface area contributed by atoms with Gasteiger partial charge in [-0.3, -0.25) is 4.55 Å². The fourth-order valence-corrected chi connectivity index (χ4v) is 5.26. The lowest BCUT2D eigenvalue weighted by molar-refractivity contribution is 0.481. The molecule has 0 fully saturated rings. The van der Waals surface area contributed by atoms with E-state index in [2.05, 4.69) is 20.8 Å². The van der Waals surface area contributed by atoms with Crippen LogP contribution in [-0.2, 0) is 16.5 Å². The van der Waals surface area contributed by atoms with Crippen molar-refractivity contribution in [3.05, 3.63) is 29.3 Å². The summed E-state index contributed by atoms with van der Waals surface area (Å²) < 4.78 is 33.1. The molecule has 31 heavy (non-hydrogen) atoms. The van der Waals surface area contributed by atoms with E-state index in [9.17, 15) is 13.0 Å². The van der Waals surface area contributed by atoms with Gasteiger partial charge in [0.2, 0.25) is 0 Å². The molecule has 0 aliphatic heterocycles. The Balaban J connectivity index is 2.11. The summed E-state index contributed by atoms with van der Waals surface area (Å²) in [5, 5.41) is 0. The number of benzene rings is 1. The molecule has 0 amide bonds. The zero-order chi connectivity index (χ0) is 23.0. The molecule has 0 radical (unpaired) electrons. The molecule has 0 bridgehead atoms. The summed E-state index contributed by atoms with van der Waals surface area (Å²) >= 11 is 0. The highest BCUT2D eigenvalue weighted by Crippen LogP contribution is 2.27. The zero-order valence-electron chi connectivity index (χ0n) is 20.5. The third kappa shape index (κ3) is 12.7. The summed E-state index contributed by atoms with van der Waals surface area (Å²) in [5.41, 5.74) is 1.85. The van der Waals surface area contributed by atoms with Crippen LogP contribution in [0.5, 0.6) is 0 Å². The standard InChI is InChI=1S/C27H48O3S/c1-4-5-6-7-8-9-10-11-12-13-14-15-16-17-18-19-21-26-25(24(2)3)22-20-23-27(26)31(28,29)30/h20,22-24H,4-19,21H2,1-3H3,(H,28,29,30). The van der Waals surface area contributed by atoms with E-state index in [0.717, 1.165) is 30.4 Å². The predicted octanol–water partition coefficient (Wildman–Crippen LogP) is 8.86. The van der Waals surface area contributed by atoms with Crippen LogP contribution in [0.4, 0.5) is 0 Å². The van der Waals surface area contributed by atoms with E-state index in [1.807, 2.05) is 6.07 Å². The van der Waals surface area contributed by atoms with Gasteiger partial charge >= 0.3 is 0 Å². The fraction of sp³-hybridized carbons (Fsp3) is 0.778. The zero-order valence-corrected chi connectivity index (χ0v) is 21.3. The Bertz CT molecular complexity index is 680. The second-order valence-corrected chi connectivity index (χ2v) is 10.9. The van der Waals surface area contributed by atoms with E-state index in [1.165, 1.54) is 96.0 Å². The molecular formula is C27H48O3S. The summed E-state index contributed by atoms with van der Waals surface area (Å²) in [6.07, 6.45) is 22.0. The first-order valence-electron chi connectivity index (χ1n) is 13.0. The number of hydrogen-bond donors (Lipinski definition) is 1. The number of unbranched alkanes of at least 4 members (excludes halogenated alkanes) is 15. The Hall–Kier alpha value is -0.870. The van der Waals surface area contributed by atoms with Crippen molar-refractivity contribution < 1.29 is 13.0 Å². The number of hydrogen-bond acceptors (Lipinski definition) is 2. The Labute approximate surface area is 193 Å². The lowest BCUT2D eigenvalue weighted by atomic mass is 9.93. The molecule has 0 saturated heterocycles. The highest BCUT2D eigenvalue weighted by Gasteiger charge is 2.19. The molecule has 4 heteroatoms. The molecule has 1 N–H and O–H groups in total. The van der Waals surface area contributed by atoms with Crippen LogP contribution in [0, 0.1) is 0 Å². The van der Waals surface area contributed by atoms with Crippen LogP contribution in [0.15, 0.2) is 23.1 Å². The van der Waals surface area contributed by atoms with Crippen molar-refractivity contribution in [2.24, 2.45) is 0 Å². The lowest BCUT2D eigenvalue weighted by Gasteiger charge is -2.16. The molecule has 0 saturated carbocycles. The third-order valence-corrected chi connectivity index (χ3v) is 7.29. The first kappa shape index (κ1) is 28.2. The van der Waals surface area contributed by atoms with E-state index in [-0.39, 0.29) is 10.8 Å². The predicted molar refractivity (Wildman–Crippen MR) is 134 cm³/mol. The van der Waals surface area contributed by atoms with Crippen molar-refractivity contribution in [1.29, 1.82) is 0 Å². The fourth-order valence-electron chi connectivity index (χ4n) is 4.48. The van der Waals surface area contributed by atoms with Gasteiger partial charge in [0.05, 0.1) is 4.90 Å². The van der Waals surface area contributed by atoms with E-state index in [1.54, 1.807) is 6.07 Å². The van der Waals surface area contributed by atoms with Gasteiger partial charge in [0, 0.05) is 0 Å². The molecule has 180 valence electrons. The van der Waals surface area contributed by atoms with Gasteiger partial charge in [-0.05, 0) is 36.0 Å². The van der Waals surface area contributed by atoms with Crippen LogP contribution in [0.25, 0.3) is 0 Å².